The molecular formula is C13H7Cl2NS. The average molecular weight is 280 g/mol. The van der Waals surface area contributed by atoms with Crippen molar-refractivity contribution in [2.75, 3.05) is 0 Å². The third kappa shape index (κ3) is 2.70. The highest BCUT2D eigenvalue weighted by Crippen LogP contribution is 2.32. The van der Waals surface area contributed by atoms with E-state index in [9.17, 15) is 5.26 Å². The van der Waals surface area contributed by atoms with Crippen molar-refractivity contribution in [3.8, 4) is 6.07 Å². The molecule has 84 valence electrons. The number of allylic oxidation sites excluding steroid dienone is 1. The van der Waals surface area contributed by atoms with Gasteiger partial charge in [0.1, 0.15) is 6.07 Å². The highest BCUT2D eigenvalue weighted by molar-refractivity contribution is 7.11. The van der Waals surface area contributed by atoms with Gasteiger partial charge >= 0.3 is 0 Å². The molecule has 0 amide bonds. The van der Waals surface area contributed by atoms with Gasteiger partial charge < -0.3 is 0 Å². The summed E-state index contributed by atoms with van der Waals surface area (Å²) in [5.41, 5.74) is 1.23. The smallest absolute Gasteiger partial charge is 0.102 e. The third-order valence-electron chi connectivity index (χ3n) is 2.18. The zero-order valence-corrected chi connectivity index (χ0v) is 11.0. The number of nitrogens with zero attached hydrogens (tertiary/aromatic N) is 1. The Morgan fingerprint density at radius 2 is 2.06 bits per heavy atom. The minimum absolute atomic E-state index is 0.428. The first-order valence-electron chi connectivity index (χ1n) is 4.82. The van der Waals surface area contributed by atoms with Crippen molar-refractivity contribution < 1.29 is 0 Å². The number of benzene rings is 1. The molecular weight excluding hydrogens is 273 g/mol. The second-order valence-electron chi connectivity index (χ2n) is 3.29. The summed E-state index contributed by atoms with van der Waals surface area (Å²) in [5, 5.41) is 12.1. The lowest BCUT2D eigenvalue weighted by Gasteiger charge is -2.02. The van der Waals surface area contributed by atoms with Gasteiger partial charge in [-0.05, 0) is 29.1 Å². The van der Waals surface area contributed by atoms with Crippen LogP contribution in [0.5, 0.6) is 0 Å². The summed E-state index contributed by atoms with van der Waals surface area (Å²) < 4.78 is 0. The number of hydrogen-bond donors (Lipinski definition) is 0. The number of nitriles is 1. The summed E-state index contributed by atoms with van der Waals surface area (Å²) in [5.74, 6) is 0. The van der Waals surface area contributed by atoms with Crippen molar-refractivity contribution in [2.45, 2.75) is 0 Å². The van der Waals surface area contributed by atoms with Crippen molar-refractivity contribution in [3.63, 3.8) is 0 Å². The van der Waals surface area contributed by atoms with E-state index in [1.165, 1.54) is 11.3 Å². The first kappa shape index (κ1) is 12.2. The van der Waals surface area contributed by atoms with Gasteiger partial charge in [-0.2, -0.15) is 5.26 Å². The maximum absolute atomic E-state index is 9.18. The van der Waals surface area contributed by atoms with E-state index in [0.29, 0.717) is 15.6 Å². The zero-order valence-electron chi connectivity index (χ0n) is 8.65. The lowest BCUT2D eigenvalue weighted by atomic mass is 10.1. The molecule has 0 aliphatic rings. The van der Waals surface area contributed by atoms with Crippen molar-refractivity contribution in [2.24, 2.45) is 0 Å². The molecule has 0 spiro atoms. The second-order valence-corrected chi connectivity index (χ2v) is 5.05. The molecule has 0 saturated heterocycles. The van der Waals surface area contributed by atoms with Crippen LogP contribution in [0.1, 0.15) is 10.4 Å². The molecule has 1 heterocycles. The van der Waals surface area contributed by atoms with E-state index in [0.717, 1.165) is 10.4 Å². The standard InChI is InChI=1S/C13H7Cl2NS/c14-10-4-1-3-9(7-10)13(15)11(8-16)12-5-2-6-17-12/h1-7H. The van der Waals surface area contributed by atoms with Gasteiger partial charge in [0.25, 0.3) is 0 Å². The van der Waals surface area contributed by atoms with Crippen molar-refractivity contribution in [3.05, 3.63) is 57.2 Å². The van der Waals surface area contributed by atoms with Gasteiger partial charge in [-0.15, -0.1) is 11.3 Å². The van der Waals surface area contributed by atoms with Crippen LogP contribution in [0.3, 0.4) is 0 Å². The zero-order chi connectivity index (χ0) is 12.3. The third-order valence-corrected chi connectivity index (χ3v) is 3.71. The fraction of sp³-hybridized carbons (Fsp3) is 0. The molecule has 0 aliphatic heterocycles. The molecule has 0 bridgehead atoms. The Morgan fingerprint density at radius 3 is 2.65 bits per heavy atom. The van der Waals surface area contributed by atoms with Crippen molar-refractivity contribution >= 4 is 45.1 Å². The molecule has 0 saturated carbocycles. The quantitative estimate of drug-likeness (QED) is 0.707. The van der Waals surface area contributed by atoms with E-state index in [2.05, 4.69) is 6.07 Å². The van der Waals surface area contributed by atoms with Crippen molar-refractivity contribution in [1.82, 2.24) is 0 Å². The van der Waals surface area contributed by atoms with E-state index in [1.54, 1.807) is 12.1 Å². The Morgan fingerprint density at radius 1 is 1.24 bits per heavy atom. The molecule has 0 atom stereocenters. The van der Waals surface area contributed by atoms with Gasteiger partial charge in [-0.1, -0.05) is 41.4 Å². The van der Waals surface area contributed by atoms with E-state index >= 15 is 0 Å². The lowest BCUT2D eigenvalue weighted by molar-refractivity contribution is 1.54. The Labute approximate surface area is 114 Å². The Kier molecular flexibility index (Phi) is 3.86. The monoisotopic (exact) mass is 279 g/mol. The molecule has 4 heteroatoms. The minimum atomic E-state index is 0.428. The van der Waals surface area contributed by atoms with Gasteiger partial charge in [0, 0.05) is 9.90 Å². The van der Waals surface area contributed by atoms with Crippen LogP contribution in [0.15, 0.2) is 41.8 Å². The number of halogens is 2. The van der Waals surface area contributed by atoms with E-state index in [-0.39, 0.29) is 0 Å². The molecule has 0 N–H and O–H groups in total. The fourth-order valence-electron chi connectivity index (χ4n) is 1.40. The first-order chi connectivity index (χ1) is 8.22. The Hall–Kier alpha value is -1.27. The summed E-state index contributed by atoms with van der Waals surface area (Å²) in [7, 11) is 0. The molecule has 1 nitrogen and oxygen atoms in total. The van der Waals surface area contributed by atoms with Gasteiger partial charge in [-0.3, -0.25) is 0 Å². The van der Waals surface area contributed by atoms with E-state index in [4.69, 9.17) is 23.2 Å². The molecule has 0 unspecified atom stereocenters. The Bertz CT molecular complexity index is 594. The Balaban J connectivity index is 2.54. The maximum Gasteiger partial charge on any atom is 0.102 e. The highest BCUT2D eigenvalue weighted by Gasteiger charge is 2.10. The first-order valence-corrected chi connectivity index (χ1v) is 6.45. The average Bonchev–Trinajstić information content (AvgIpc) is 2.83. The van der Waals surface area contributed by atoms with Crippen LogP contribution in [-0.4, -0.2) is 0 Å². The molecule has 1 aromatic carbocycles. The molecule has 2 rings (SSSR count). The van der Waals surface area contributed by atoms with E-state index in [1.807, 2.05) is 29.6 Å². The normalized spacial score (nSPS) is 11.8. The summed E-state index contributed by atoms with van der Waals surface area (Å²) in [6, 6.07) is 13.1. The predicted molar refractivity (Wildman–Crippen MR) is 74.1 cm³/mol. The largest absolute Gasteiger partial charge is 0.192 e. The summed E-state index contributed by atoms with van der Waals surface area (Å²) in [6.45, 7) is 0. The van der Waals surface area contributed by atoms with Crippen LogP contribution in [0.2, 0.25) is 5.02 Å². The van der Waals surface area contributed by atoms with Gasteiger partial charge in [0.2, 0.25) is 0 Å². The maximum atomic E-state index is 9.18. The van der Waals surface area contributed by atoms with Crippen LogP contribution in [0.4, 0.5) is 0 Å². The van der Waals surface area contributed by atoms with Gasteiger partial charge in [0.15, 0.2) is 0 Å². The summed E-state index contributed by atoms with van der Waals surface area (Å²) >= 11 is 13.6. The van der Waals surface area contributed by atoms with Crippen LogP contribution in [0, 0.1) is 11.3 Å². The number of rotatable bonds is 2. The van der Waals surface area contributed by atoms with Crippen LogP contribution < -0.4 is 0 Å². The summed E-state index contributed by atoms with van der Waals surface area (Å²) in [4.78, 5) is 0.859. The topological polar surface area (TPSA) is 23.8 Å². The molecule has 0 radical (unpaired) electrons. The summed E-state index contributed by atoms with van der Waals surface area (Å²) in [6.07, 6.45) is 0. The number of thiophene rings is 1. The minimum Gasteiger partial charge on any atom is -0.192 e. The predicted octanol–water partition coefficient (Wildman–Crippen LogP) is 5.03. The van der Waals surface area contributed by atoms with Gasteiger partial charge in [-0.25, -0.2) is 0 Å². The molecule has 1 aromatic heterocycles. The molecule has 0 aliphatic carbocycles. The molecule has 0 fully saturated rings. The van der Waals surface area contributed by atoms with Crippen LogP contribution in [0.25, 0.3) is 10.6 Å². The lowest BCUT2D eigenvalue weighted by Crippen LogP contribution is -1.83. The molecule has 2 aromatic rings. The fourth-order valence-corrected chi connectivity index (χ4v) is 2.64. The SMILES string of the molecule is N#CC(=C(Cl)c1cccc(Cl)c1)c1cccs1. The van der Waals surface area contributed by atoms with Crippen molar-refractivity contribution in [1.29, 1.82) is 5.26 Å². The second kappa shape index (κ2) is 5.37. The van der Waals surface area contributed by atoms with Gasteiger partial charge in [0.05, 0.1) is 10.6 Å². The van der Waals surface area contributed by atoms with Crippen LogP contribution in [-0.2, 0) is 0 Å². The highest BCUT2D eigenvalue weighted by atomic mass is 35.5. The number of hydrogen-bond acceptors (Lipinski definition) is 2. The van der Waals surface area contributed by atoms with E-state index < -0.39 is 0 Å². The molecule has 17 heavy (non-hydrogen) atoms. The van der Waals surface area contributed by atoms with Crippen LogP contribution >= 0.6 is 34.5 Å².